The second-order valence-corrected chi connectivity index (χ2v) is 8.30. The maximum absolute atomic E-state index is 12.8. The molecule has 6 nitrogen and oxygen atoms in total. The zero-order chi connectivity index (χ0) is 17.3. The lowest BCUT2D eigenvalue weighted by atomic mass is 10.1. The first-order chi connectivity index (χ1) is 11.3. The summed E-state index contributed by atoms with van der Waals surface area (Å²) in [7, 11) is 0. The molecule has 0 radical (unpaired) electrons. The summed E-state index contributed by atoms with van der Waals surface area (Å²) in [5.74, 6) is 0.159. The molecule has 1 aliphatic carbocycles. The Balaban J connectivity index is 1.50. The van der Waals surface area contributed by atoms with Crippen LogP contribution < -0.4 is 0 Å². The van der Waals surface area contributed by atoms with Crippen molar-refractivity contribution in [2.45, 2.75) is 57.6 Å². The smallest absolute Gasteiger partial charge is 0.228 e. The van der Waals surface area contributed by atoms with Crippen LogP contribution in [-0.2, 0) is 9.59 Å². The van der Waals surface area contributed by atoms with Gasteiger partial charge in [-0.3, -0.25) is 14.5 Å². The summed E-state index contributed by atoms with van der Waals surface area (Å²) in [4.78, 5) is 31.2. The Labute approximate surface area is 144 Å². The zero-order valence-electron chi connectivity index (χ0n) is 15.0. The van der Waals surface area contributed by atoms with Gasteiger partial charge in [-0.1, -0.05) is 12.8 Å². The maximum atomic E-state index is 12.8. The fourth-order valence-corrected chi connectivity index (χ4v) is 4.40. The first-order valence-corrected chi connectivity index (χ1v) is 9.36. The maximum Gasteiger partial charge on any atom is 0.228 e. The fourth-order valence-electron chi connectivity index (χ4n) is 4.40. The highest BCUT2D eigenvalue weighted by molar-refractivity contribution is 5.89. The molecule has 2 heterocycles. The van der Waals surface area contributed by atoms with Crippen LogP contribution in [-0.4, -0.2) is 82.5 Å². The monoisotopic (exact) mass is 337 g/mol. The Hall–Kier alpha value is -1.14. The minimum absolute atomic E-state index is 0.145. The lowest BCUT2D eigenvalue weighted by molar-refractivity contribution is -0.137. The Bertz CT molecular complexity index is 474. The number of hydrogen-bond donors (Lipinski definition) is 1. The van der Waals surface area contributed by atoms with Gasteiger partial charge >= 0.3 is 0 Å². The molecule has 1 atom stereocenters. The molecule has 0 bridgehead atoms. The Morgan fingerprint density at radius 1 is 1.17 bits per heavy atom. The van der Waals surface area contributed by atoms with E-state index >= 15 is 0 Å². The Morgan fingerprint density at radius 2 is 1.79 bits per heavy atom. The Kier molecular flexibility index (Phi) is 5.16. The van der Waals surface area contributed by atoms with Gasteiger partial charge in [-0.15, -0.1) is 0 Å². The molecule has 0 aromatic heterocycles. The van der Waals surface area contributed by atoms with E-state index in [-0.39, 0.29) is 17.7 Å². The molecule has 136 valence electrons. The van der Waals surface area contributed by atoms with Crippen molar-refractivity contribution in [1.29, 1.82) is 0 Å². The molecule has 2 amide bonds. The zero-order valence-corrected chi connectivity index (χ0v) is 15.0. The number of amides is 2. The molecule has 1 saturated carbocycles. The number of β-amino-alcohol motifs (C(OH)–C–C–N with tert-alkyl or cyclic N) is 1. The predicted octanol–water partition coefficient (Wildman–Crippen LogP) is 0.693. The van der Waals surface area contributed by atoms with Crippen molar-refractivity contribution in [3.63, 3.8) is 0 Å². The summed E-state index contributed by atoms with van der Waals surface area (Å²) < 4.78 is 0. The molecule has 0 aromatic carbocycles. The highest BCUT2D eigenvalue weighted by atomic mass is 16.3. The Morgan fingerprint density at radius 3 is 2.38 bits per heavy atom. The second-order valence-electron chi connectivity index (χ2n) is 8.30. The average Bonchev–Trinajstić information content (AvgIpc) is 3.14. The molecule has 24 heavy (non-hydrogen) atoms. The highest BCUT2D eigenvalue weighted by Crippen LogP contribution is 2.30. The van der Waals surface area contributed by atoms with Crippen LogP contribution in [0.2, 0.25) is 0 Å². The number of nitrogens with zero attached hydrogens (tertiary/aromatic N) is 3. The summed E-state index contributed by atoms with van der Waals surface area (Å²) in [6.07, 6.45) is 5.00. The van der Waals surface area contributed by atoms with E-state index in [1.165, 1.54) is 12.8 Å². The van der Waals surface area contributed by atoms with Crippen molar-refractivity contribution in [2.75, 3.05) is 39.3 Å². The van der Waals surface area contributed by atoms with Gasteiger partial charge < -0.3 is 14.9 Å². The van der Waals surface area contributed by atoms with Gasteiger partial charge in [-0.2, -0.15) is 0 Å². The predicted molar refractivity (Wildman–Crippen MR) is 91.4 cm³/mol. The van der Waals surface area contributed by atoms with Crippen molar-refractivity contribution in [1.82, 2.24) is 14.7 Å². The van der Waals surface area contributed by atoms with E-state index in [1.807, 2.05) is 23.6 Å². The summed E-state index contributed by atoms with van der Waals surface area (Å²) in [6, 6.07) is 0.374. The van der Waals surface area contributed by atoms with Crippen LogP contribution in [0.25, 0.3) is 0 Å². The van der Waals surface area contributed by atoms with E-state index in [0.29, 0.717) is 38.6 Å². The molecule has 2 saturated heterocycles. The minimum atomic E-state index is -0.703. The average molecular weight is 337 g/mol. The first-order valence-electron chi connectivity index (χ1n) is 9.36. The molecular formula is C18H31N3O3. The number of rotatable bonds is 4. The quantitative estimate of drug-likeness (QED) is 0.820. The molecule has 3 fully saturated rings. The van der Waals surface area contributed by atoms with E-state index < -0.39 is 5.60 Å². The van der Waals surface area contributed by atoms with Crippen molar-refractivity contribution in [2.24, 2.45) is 5.92 Å². The van der Waals surface area contributed by atoms with Gasteiger partial charge in [0.2, 0.25) is 11.8 Å². The number of piperazine rings is 1. The van der Waals surface area contributed by atoms with Gasteiger partial charge in [0.25, 0.3) is 0 Å². The lowest BCUT2D eigenvalue weighted by Gasteiger charge is -2.38. The molecule has 1 N–H and O–H groups in total. The van der Waals surface area contributed by atoms with Crippen molar-refractivity contribution >= 4 is 11.8 Å². The third-order valence-corrected chi connectivity index (χ3v) is 5.57. The summed E-state index contributed by atoms with van der Waals surface area (Å²) >= 11 is 0. The molecule has 3 rings (SSSR count). The van der Waals surface area contributed by atoms with Crippen molar-refractivity contribution in [3.8, 4) is 0 Å². The second kappa shape index (κ2) is 7.00. The lowest BCUT2D eigenvalue weighted by Crippen LogP contribution is -2.53. The van der Waals surface area contributed by atoms with E-state index in [9.17, 15) is 14.7 Å². The number of hydrogen-bond acceptors (Lipinski definition) is 4. The summed E-state index contributed by atoms with van der Waals surface area (Å²) in [5.41, 5.74) is -0.703. The SMILES string of the molecule is CC(C)(O)CN1CCN(C(=O)[C@H]2CC(=O)N(C3CCCC3)C2)CC1. The third kappa shape index (κ3) is 4.09. The van der Waals surface area contributed by atoms with E-state index in [1.54, 1.807) is 0 Å². The molecule has 3 aliphatic rings. The van der Waals surface area contributed by atoms with Crippen LogP contribution in [0.5, 0.6) is 0 Å². The van der Waals surface area contributed by atoms with Gasteiger partial charge in [0.1, 0.15) is 0 Å². The molecular weight excluding hydrogens is 306 g/mol. The minimum Gasteiger partial charge on any atom is -0.389 e. The van der Waals surface area contributed by atoms with Gasteiger partial charge in [0.15, 0.2) is 0 Å². The first kappa shape index (κ1) is 17.7. The molecule has 6 heteroatoms. The number of likely N-dealkylation sites (tertiary alicyclic amines) is 1. The van der Waals surface area contributed by atoms with Crippen LogP contribution in [0, 0.1) is 5.92 Å². The summed E-state index contributed by atoms with van der Waals surface area (Å²) in [6.45, 7) is 7.86. The number of carbonyl (C=O) groups is 2. The molecule has 0 aromatic rings. The molecule has 0 unspecified atom stereocenters. The van der Waals surface area contributed by atoms with Crippen molar-refractivity contribution < 1.29 is 14.7 Å². The van der Waals surface area contributed by atoms with Gasteiger partial charge in [-0.05, 0) is 26.7 Å². The van der Waals surface area contributed by atoms with Gasteiger partial charge in [0.05, 0.1) is 11.5 Å². The standard InChI is InChI=1S/C18H31N3O3/c1-18(2,24)13-19-7-9-20(10-8-19)17(23)14-11-16(22)21(12-14)15-5-3-4-6-15/h14-15,24H,3-13H2,1-2H3/t14-/m0/s1. The van der Waals surface area contributed by atoms with E-state index in [0.717, 1.165) is 25.9 Å². The van der Waals surface area contributed by atoms with Crippen molar-refractivity contribution in [3.05, 3.63) is 0 Å². The summed E-state index contributed by atoms with van der Waals surface area (Å²) in [5, 5.41) is 9.91. The number of carbonyl (C=O) groups excluding carboxylic acids is 2. The van der Waals surface area contributed by atoms with Crippen LogP contribution in [0.1, 0.15) is 46.0 Å². The van der Waals surface area contributed by atoms with Crippen LogP contribution >= 0.6 is 0 Å². The fraction of sp³-hybridized carbons (Fsp3) is 0.889. The van der Waals surface area contributed by atoms with Gasteiger partial charge in [-0.25, -0.2) is 0 Å². The van der Waals surface area contributed by atoms with E-state index in [2.05, 4.69) is 4.90 Å². The van der Waals surface area contributed by atoms with Crippen LogP contribution in [0.15, 0.2) is 0 Å². The topological polar surface area (TPSA) is 64.1 Å². The normalized spacial score (nSPS) is 27.3. The molecule has 0 spiro atoms. The van der Waals surface area contributed by atoms with Crippen LogP contribution in [0.4, 0.5) is 0 Å². The molecule has 2 aliphatic heterocycles. The highest BCUT2D eigenvalue weighted by Gasteiger charge is 2.40. The largest absolute Gasteiger partial charge is 0.389 e. The van der Waals surface area contributed by atoms with E-state index in [4.69, 9.17) is 0 Å². The van der Waals surface area contributed by atoms with Gasteiger partial charge in [0, 0.05) is 51.7 Å². The third-order valence-electron chi connectivity index (χ3n) is 5.57. The number of aliphatic hydroxyl groups is 1. The van der Waals surface area contributed by atoms with Crippen LogP contribution in [0.3, 0.4) is 0 Å².